The summed E-state index contributed by atoms with van der Waals surface area (Å²) in [4.78, 5) is 44.8. The van der Waals surface area contributed by atoms with E-state index in [0.29, 0.717) is 40.7 Å². The third kappa shape index (κ3) is 12.1. The highest BCUT2D eigenvalue weighted by atomic mass is 32.1. The summed E-state index contributed by atoms with van der Waals surface area (Å²) < 4.78 is 21.9. The number of methoxy groups -OCH3 is 3. The number of amides is 2. The minimum absolute atomic E-state index is 0.0629. The first-order valence-electron chi connectivity index (χ1n) is 15.3. The quantitative estimate of drug-likeness (QED) is 0.205. The van der Waals surface area contributed by atoms with Crippen molar-refractivity contribution in [3.63, 3.8) is 0 Å². The van der Waals surface area contributed by atoms with E-state index < -0.39 is 47.5 Å². The van der Waals surface area contributed by atoms with Gasteiger partial charge in [0.05, 0.1) is 39.7 Å². The van der Waals surface area contributed by atoms with Gasteiger partial charge in [0.25, 0.3) is 0 Å². The van der Waals surface area contributed by atoms with Crippen LogP contribution < -0.4 is 24.8 Å². The zero-order chi connectivity index (χ0) is 33.9. The minimum atomic E-state index is -0.994. The van der Waals surface area contributed by atoms with Gasteiger partial charge in [0.1, 0.15) is 22.8 Å². The molecule has 1 aromatic carbocycles. The molecule has 0 radical (unpaired) electrons. The van der Waals surface area contributed by atoms with Gasteiger partial charge in [0, 0.05) is 11.6 Å². The van der Waals surface area contributed by atoms with E-state index in [9.17, 15) is 19.5 Å². The first kappa shape index (κ1) is 37.8. The van der Waals surface area contributed by atoms with E-state index in [1.54, 1.807) is 44.5 Å². The van der Waals surface area contributed by atoms with Crippen molar-refractivity contribution in [2.45, 2.75) is 97.9 Å². The van der Waals surface area contributed by atoms with E-state index in [4.69, 9.17) is 18.9 Å². The number of carbonyl (C=O) groups excluding carboxylic acids is 3. The fourth-order valence-corrected chi connectivity index (χ4v) is 5.67. The molecule has 0 saturated carbocycles. The number of carbonyl (C=O) groups is 3. The molecule has 2 amide bonds. The minimum Gasteiger partial charge on any atom is -0.493 e. The second-order valence-corrected chi connectivity index (χ2v) is 13.9. The molecule has 0 unspecified atom stereocenters. The van der Waals surface area contributed by atoms with Gasteiger partial charge in [-0.05, 0) is 69.6 Å². The molecule has 0 aliphatic carbocycles. The molecular formula is C33H51N3O8S. The van der Waals surface area contributed by atoms with Crippen molar-refractivity contribution in [1.82, 2.24) is 15.6 Å². The lowest BCUT2D eigenvalue weighted by Crippen LogP contribution is -2.53. The number of nitrogens with zero attached hydrogens (tertiary/aromatic N) is 1. The van der Waals surface area contributed by atoms with Crippen LogP contribution in [0, 0.1) is 17.8 Å². The average Bonchev–Trinajstić information content (AvgIpc) is 3.48. The molecule has 3 N–H and O–H groups in total. The Morgan fingerprint density at radius 2 is 1.51 bits per heavy atom. The lowest BCUT2D eigenvalue weighted by molar-refractivity contribution is -0.157. The number of hydrogen-bond donors (Lipinski definition) is 3. The Hall–Kier alpha value is -3.38. The maximum atomic E-state index is 13.9. The second kappa shape index (κ2) is 17.4. The van der Waals surface area contributed by atoms with Crippen LogP contribution in [0.25, 0.3) is 0 Å². The summed E-state index contributed by atoms with van der Waals surface area (Å²) in [5.74, 6) is -0.834. The molecule has 0 aliphatic heterocycles. The van der Waals surface area contributed by atoms with Crippen molar-refractivity contribution in [3.8, 4) is 17.2 Å². The van der Waals surface area contributed by atoms with Crippen molar-refractivity contribution >= 4 is 29.1 Å². The maximum Gasteiger partial charge on any atom is 0.307 e. The number of ether oxygens (including phenoxy) is 4. The maximum absolute atomic E-state index is 13.9. The van der Waals surface area contributed by atoms with Crippen molar-refractivity contribution < 1.29 is 38.4 Å². The lowest BCUT2D eigenvalue weighted by atomic mass is 9.93. The summed E-state index contributed by atoms with van der Waals surface area (Å²) in [5, 5.41) is 19.2. The topological polar surface area (TPSA) is 145 Å². The standard InChI is InChI=1S/C33H51N3O8S/c1-19(2)13-23(28(38)32-34-11-12-45-32)35-31(40)24(14-20(3)4)36-30(39)22(18-27(37)44-33(5,6)7)15-21-16-25(41-8)29(43-10)26(17-21)42-9/h11-12,16-17,19-20,22-24,28,38H,13-15,18H2,1-10H3,(H,35,40)(H,36,39)/t22-,23+,24+,28-/m1/s1. The first-order chi connectivity index (χ1) is 21.1. The van der Waals surface area contributed by atoms with E-state index in [2.05, 4.69) is 15.6 Å². The van der Waals surface area contributed by atoms with Crippen LogP contribution in [-0.4, -0.2) is 66.9 Å². The molecule has 1 heterocycles. The van der Waals surface area contributed by atoms with Crippen LogP contribution in [0.5, 0.6) is 17.2 Å². The Kier molecular flexibility index (Phi) is 14.6. The fraction of sp³-hybridized carbons (Fsp3) is 0.636. The molecular weight excluding hydrogens is 598 g/mol. The summed E-state index contributed by atoms with van der Waals surface area (Å²) in [6, 6.07) is 1.95. The third-order valence-corrected chi connectivity index (χ3v) is 7.74. The number of aliphatic hydroxyl groups excluding tert-OH is 1. The van der Waals surface area contributed by atoms with E-state index >= 15 is 0 Å². The molecule has 0 saturated heterocycles. The molecule has 45 heavy (non-hydrogen) atoms. The highest BCUT2D eigenvalue weighted by molar-refractivity contribution is 7.09. The second-order valence-electron chi connectivity index (χ2n) is 13.0. The Balaban J connectivity index is 2.39. The number of aliphatic hydroxyl groups is 1. The Labute approximate surface area is 271 Å². The summed E-state index contributed by atoms with van der Waals surface area (Å²) in [6.45, 7) is 13.2. The van der Waals surface area contributed by atoms with Crippen LogP contribution in [0.1, 0.15) is 84.4 Å². The Morgan fingerprint density at radius 3 is 1.98 bits per heavy atom. The average molecular weight is 650 g/mol. The molecule has 0 bridgehead atoms. The Morgan fingerprint density at radius 1 is 0.911 bits per heavy atom. The van der Waals surface area contributed by atoms with Gasteiger partial charge in [-0.15, -0.1) is 11.3 Å². The van der Waals surface area contributed by atoms with Crippen molar-refractivity contribution in [1.29, 1.82) is 0 Å². The van der Waals surface area contributed by atoms with E-state index in [1.807, 2.05) is 27.7 Å². The normalized spacial score (nSPS) is 14.3. The molecule has 0 aliphatic rings. The van der Waals surface area contributed by atoms with Crippen LogP contribution in [0.2, 0.25) is 0 Å². The van der Waals surface area contributed by atoms with Crippen LogP contribution in [0.15, 0.2) is 23.7 Å². The first-order valence-corrected chi connectivity index (χ1v) is 16.1. The SMILES string of the molecule is COc1cc(C[C@H](CC(=O)OC(C)(C)C)C(=O)N[C@@H](CC(C)C)C(=O)N[C@@H](CC(C)C)[C@@H](O)c2nccs2)cc(OC)c1OC. The predicted octanol–water partition coefficient (Wildman–Crippen LogP) is 4.85. The summed E-state index contributed by atoms with van der Waals surface area (Å²) in [7, 11) is 4.50. The largest absolute Gasteiger partial charge is 0.493 e. The number of rotatable bonds is 17. The highest BCUT2D eigenvalue weighted by Crippen LogP contribution is 2.39. The van der Waals surface area contributed by atoms with Gasteiger partial charge in [-0.2, -0.15) is 0 Å². The Bertz CT molecular complexity index is 1220. The summed E-state index contributed by atoms with van der Waals surface area (Å²) >= 11 is 1.31. The van der Waals surface area contributed by atoms with Crippen LogP contribution in [0.4, 0.5) is 0 Å². The number of hydrogen-bond acceptors (Lipinski definition) is 10. The lowest BCUT2D eigenvalue weighted by Gasteiger charge is -2.29. The van der Waals surface area contributed by atoms with Crippen molar-refractivity contribution in [3.05, 3.63) is 34.3 Å². The molecule has 1 aromatic heterocycles. The van der Waals surface area contributed by atoms with Gasteiger partial charge in [-0.25, -0.2) is 4.98 Å². The summed E-state index contributed by atoms with van der Waals surface area (Å²) in [5.41, 5.74) is -0.0735. The number of aromatic nitrogens is 1. The zero-order valence-electron chi connectivity index (χ0n) is 28.3. The number of nitrogens with one attached hydrogen (secondary N) is 2. The van der Waals surface area contributed by atoms with E-state index in [-0.39, 0.29) is 24.7 Å². The highest BCUT2D eigenvalue weighted by Gasteiger charge is 2.33. The van der Waals surface area contributed by atoms with Gasteiger partial charge in [0.2, 0.25) is 17.6 Å². The smallest absolute Gasteiger partial charge is 0.307 e. The van der Waals surface area contributed by atoms with Crippen molar-refractivity contribution in [2.24, 2.45) is 17.8 Å². The molecule has 12 heteroatoms. The zero-order valence-corrected chi connectivity index (χ0v) is 29.1. The molecule has 2 rings (SSSR count). The van der Waals surface area contributed by atoms with Crippen molar-refractivity contribution in [2.75, 3.05) is 21.3 Å². The number of benzene rings is 1. The van der Waals surface area contributed by atoms with Crippen LogP contribution in [-0.2, 0) is 25.5 Å². The van der Waals surface area contributed by atoms with Gasteiger partial charge in [-0.3, -0.25) is 14.4 Å². The monoisotopic (exact) mass is 649 g/mol. The van der Waals surface area contributed by atoms with Crippen LogP contribution >= 0.6 is 11.3 Å². The van der Waals surface area contributed by atoms with Gasteiger partial charge in [-0.1, -0.05) is 27.7 Å². The van der Waals surface area contributed by atoms with E-state index in [0.717, 1.165) is 0 Å². The number of esters is 1. The summed E-state index contributed by atoms with van der Waals surface area (Å²) in [6.07, 6.45) is 1.40. The van der Waals surface area contributed by atoms with Crippen LogP contribution in [0.3, 0.4) is 0 Å². The van der Waals surface area contributed by atoms with Gasteiger partial charge < -0.3 is 34.7 Å². The molecule has 0 spiro atoms. The molecule has 2 aromatic rings. The van der Waals surface area contributed by atoms with Gasteiger partial charge >= 0.3 is 5.97 Å². The molecule has 0 fully saturated rings. The third-order valence-electron chi connectivity index (χ3n) is 6.89. The van der Waals surface area contributed by atoms with E-state index in [1.165, 1.54) is 32.7 Å². The predicted molar refractivity (Wildman–Crippen MR) is 174 cm³/mol. The molecule has 11 nitrogen and oxygen atoms in total. The molecule has 4 atom stereocenters. The molecule has 252 valence electrons. The van der Waals surface area contributed by atoms with Gasteiger partial charge in [0.15, 0.2) is 11.5 Å². The number of thiazole rings is 1. The fourth-order valence-electron chi connectivity index (χ4n) is 4.98.